The molecule has 0 fully saturated rings. The maximum absolute atomic E-state index is 4.44. The molecule has 0 aromatic heterocycles. The fraction of sp³-hybridized carbons (Fsp3) is 0. The van der Waals surface area contributed by atoms with Crippen molar-refractivity contribution in [3.8, 4) is 11.1 Å². The molecule has 0 nitrogen and oxygen atoms in total. The number of hydrogen-bond donors (Lipinski definition) is 2. The van der Waals surface area contributed by atoms with Crippen LogP contribution in [0.3, 0.4) is 0 Å². The predicted molar refractivity (Wildman–Crippen MR) is 81.8 cm³/mol. The summed E-state index contributed by atoms with van der Waals surface area (Å²) in [6.07, 6.45) is 0. The van der Waals surface area contributed by atoms with E-state index in [1.54, 1.807) is 0 Å². The Hall–Kier alpha value is 0.1000. The van der Waals surface area contributed by atoms with Crippen LogP contribution in [0.1, 0.15) is 0 Å². The van der Waals surface area contributed by atoms with E-state index >= 15 is 0 Å². The third-order valence-electron chi connectivity index (χ3n) is 2.22. The van der Waals surface area contributed by atoms with Gasteiger partial charge in [-0.15, -0.1) is 25.3 Å². The van der Waals surface area contributed by atoms with Gasteiger partial charge < -0.3 is 0 Å². The van der Waals surface area contributed by atoms with Gasteiger partial charge in [-0.3, -0.25) is 0 Å². The van der Waals surface area contributed by atoms with Crippen molar-refractivity contribution >= 4 is 57.1 Å². The average molecular weight is 376 g/mol. The van der Waals surface area contributed by atoms with E-state index in [1.165, 1.54) is 0 Å². The van der Waals surface area contributed by atoms with Crippen molar-refractivity contribution in [2.45, 2.75) is 9.79 Å². The fourth-order valence-corrected chi connectivity index (χ4v) is 3.03. The Morgan fingerprint density at radius 1 is 0.938 bits per heavy atom. The Morgan fingerprint density at radius 2 is 1.69 bits per heavy atom. The summed E-state index contributed by atoms with van der Waals surface area (Å²) >= 11 is 15.8. The second-order valence-electron chi connectivity index (χ2n) is 3.31. The van der Waals surface area contributed by atoms with Crippen LogP contribution in [0.5, 0.6) is 0 Å². The zero-order chi connectivity index (χ0) is 11.7. The van der Waals surface area contributed by atoms with Gasteiger partial charge in [-0.1, -0.05) is 18.2 Å². The molecule has 0 spiro atoms. The van der Waals surface area contributed by atoms with Gasteiger partial charge in [0, 0.05) is 18.7 Å². The minimum Gasteiger partial charge on any atom is -0.143 e. The van der Waals surface area contributed by atoms with Gasteiger partial charge in [-0.05, 0) is 61.2 Å². The Labute approximate surface area is 123 Å². The van der Waals surface area contributed by atoms with E-state index in [0.29, 0.717) is 0 Å². The molecular formula is C12H8Br2S2. The first-order valence-electron chi connectivity index (χ1n) is 4.56. The Kier molecular flexibility index (Phi) is 4.06. The summed E-state index contributed by atoms with van der Waals surface area (Å²) < 4.78 is 1.97. The maximum atomic E-state index is 4.44. The van der Waals surface area contributed by atoms with Crippen LogP contribution < -0.4 is 0 Å². The van der Waals surface area contributed by atoms with Crippen LogP contribution in [0.4, 0.5) is 0 Å². The van der Waals surface area contributed by atoms with E-state index in [1.807, 2.05) is 24.3 Å². The molecule has 0 N–H and O–H groups in total. The van der Waals surface area contributed by atoms with Gasteiger partial charge in [0.1, 0.15) is 0 Å². The van der Waals surface area contributed by atoms with E-state index in [4.69, 9.17) is 0 Å². The molecule has 2 aromatic carbocycles. The first-order valence-corrected chi connectivity index (χ1v) is 7.04. The number of halogens is 2. The molecule has 0 amide bonds. The van der Waals surface area contributed by atoms with Crippen LogP contribution in [0, 0.1) is 0 Å². The van der Waals surface area contributed by atoms with Crippen LogP contribution in [0.15, 0.2) is 55.1 Å². The zero-order valence-electron chi connectivity index (χ0n) is 8.11. The molecule has 16 heavy (non-hydrogen) atoms. The minimum absolute atomic E-state index is 0.905. The second kappa shape index (κ2) is 5.17. The van der Waals surface area contributed by atoms with Crippen LogP contribution in [-0.2, 0) is 0 Å². The first kappa shape index (κ1) is 12.6. The average Bonchev–Trinajstić information content (AvgIpc) is 2.26. The monoisotopic (exact) mass is 374 g/mol. The lowest BCUT2D eigenvalue weighted by atomic mass is 10.1. The molecule has 2 aromatic rings. The van der Waals surface area contributed by atoms with Gasteiger partial charge >= 0.3 is 0 Å². The van der Waals surface area contributed by atoms with Crippen LogP contribution in [0.2, 0.25) is 0 Å². The van der Waals surface area contributed by atoms with E-state index in [9.17, 15) is 0 Å². The lowest BCUT2D eigenvalue weighted by Gasteiger charge is -2.09. The molecule has 0 aliphatic heterocycles. The molecule has 0 saturated heterocycles. The number of thiol groups is 2. The normalized spacial score (nSPS) is 10.5. The largest absolute Gasteiger partial charge is 0.143 e. The summed E-state index contributed by atoms with van der Waals surface area (Å²) in [6.45, 7) is 0. The number of rotatable bonds is 1. The third-order valence-corrected chi connectivity index (χ3v) is 5.06. The standard InChI is InChI=1S/C12H8Br2S2/c13-10-5-4-9(11(14)12(10)16)7-2-1-3-8(15)6-7/h1-6,15-16H. The molecule has 0 radical (unpaired) electrons. The Morgan fingerprint density at radius 3 is 2.38 bits per heavy atom. The van der Waals surface area contributed by atoms with Crippen LogP contribution >= 0.6 is 57.1 Å². The molecule has 0 atom stereocenters. The molecule has 0 heterocycles. The topological polar surface area (TPSA) is 0 Å². The lowest BCUT2D eigenvalue weighted by molar-refractivity contribution is 1.36. The molecular weight excluding hydrogens is 368 g/mol. The molecule has 82 valence electrons. The van der Waals surface area contributed by atoms with Crippen molar-refractivity contribution < 1.29 is 0 Å². The summed E-state index contributed by atoms with van der Waals surface area (Å²) in [5.74, 6) is 0. The molecule has 4 heteroatoms. The summed E-state index contributed by atoms with van der Waals surface area (Å²) in [5.41, 5.74) is 2.24. The van der Waals surface area contributed by atoms with Crippen LogP contribution in [0.25, 0.3) is 11.1 Å². The van der Waals surface area contributed by atoms with Crippen molar-refractivity contribution in [2.24, 2.45) is 0 Å². The smallest absolute Gasteiger partial charge is 0.0398 e. The third kappa shape index (κ3) is 2.50. The van der Waals surface area contributed by atoms with Crippen molar-refractivity contribution in [3.63, 3.8) is 0 Å². The number of hydrogen-bond acceptors (Lipinski definition) is 2. The molecule has 0 bridgehead atoms. The first-order chi connectivity index (χ1) is 7.59. The highest BCUT2D eigenvalue weighted by Gasteiger charge is 2.08. The van der Waals surface area contributed by atoms with Gasteiger partial charge in [0.05, 0.1) is 0 Å². The van der Waals surface area contributed by atoms with Gasteiger partial charge in [-0.25, -0.2) is 0 Å². The minimum atomic E-state index is 0.905. The second-order valence-corrected chi connectivity index (χ2v) is 5.92. The Balaban J connectivity index is 2.61. The van der Waals surface area contributed by atoms with E-state index < -0.39 is 0 Å². The van der Waals surface area contributed by atoms with E-state index in [0.717, 1.165) is 29.9 Å². The van der Waals surface area contributed by atoms with Gasteiger partial charge in [0.25, 0.3) is 0 Å². The van der Waals surface area contributed by atoms with Crippen molar-refractivity contribution in [1.82, 2.24) is 0 Å². The summed E-state index contributed by atoms with van der Waals surface area (Å²) in [4.78, 5) is 1.86. The predicted octanol–water partition coefficient (Wildman–Crippen LogP) is 5.46. The summed E-state index contributed by atoms with van der Waals surface area (Å²) in [7, 11) is 0. The lowest BCUT2D eigenvalue weighted by Crippen LogP contribution is -1.83. The molecule has 0 aliphatic carbocycles. The quantitative estimate of drug-likeness (QED) is 0.607. The van der Waals surface area contributed by atoms with Crippen molar-refractivity contribution in [2.75, 3.05) is 0 Å². The highest BCUT2D eigenvalue weighted by atomic mass is 79.9. The van der Waals surface area contributed by atoms with E-state index in [-0.39, 0.29) is 0 Å². The van der Waals surface area contributed by atoms with Crippen LogP contribution in [-0.4, -0.2) is 0 Å². The summed E-state index contributed by atoms with van der Waals surface area (Å²) in [6, 6.07) is 12.1. The summed E-state index contributed by atoms with van der Waals surface area (Å²) in [5, 5.41) is 0. The van der Waals surface area contributed by atoms with Gasteiger partial charge in [-0.2, -0.15) is 0 Å². The molecule has 0 aliphatic rings. The molecule has 0 unspecified atom stereocenters. The van der Waals surface area contributed by atoms with Crippen molar-refractivity contribution in [3.05, 3.63) is 45.3 Å². The maximum Gasteiger partial charge on any atom is 0.0398 e. The Bertz CT molecular complexity index is 539. The molecule has 0 saturated carbocycles. The highest BCUT2D eigenvalue weighted by Crippen LogP contribution is 2.37. The van der Waals surface area contributed by atoms with Gasteiger partial charge in [0.2, 0.25) is 0 Å². The van der Waals surface area contributed by atoms with E-state index in [2.05, 4.69) is 69.3 Å². The van der Waals surface area contributed by atoms with Gasteiger partial charge in [0.15, 0.2) is 0 Å². The van der Waals surface area contributed by atoms with Crippen molar-refractivity contribution in [1.29, 1.82) is 0 Å². The number of benzene rings is 2. The molecule has 2 rings (SSSR count). The fourth-order valence-electron chi connectivity index (χ4n) is 1.44. The SMILES string of the molecule is Sc1cccc(-c2ccc(Br)c(S)c2Br)c1. The zero-order valence-corrected chi connectivity index (χ0v) is 13.1. The highest BCUT2D eigenvalue weighted by molar-refractivity contribution is 9.11.